The van der Waals surface area contributed by atoms with Gasteiger partial charge in [-0.25, -0.2) is 0 Å². The van der Waals surface area contributed by atoms with Crippen molar-refractivity contribution in [3.8, 4) is 0 Å². The summed E-state index contributed by atoms with van der Waals surface area (Å²) in [5.74, 6) is 0. The van der Waals surface area contributed by atoms with Gasteiger partial charge in [0.05, 0.1) is 17.7 Å². The lowest BCUT2D eigenvalue weighted by Gasteiger charge is -2.29. The number of thiazole rings is 1. The SMILES string of the molecule is CN(c1cncs1)C1CNCCc2ccccc21.Cl. The first-order valence-corrected chi connectivity index (χ1v) is 7.14. The highest BCUT2D eigenvalue weighted by molar-refractivity contribution is 7.13. The molecule has 5 heteroatoms. The molecule has 1 aliphatic rings. The number of hydrogen-bond donors (Lipinski definition) is 1. The van der Waals surface area contributed by atoms with Gasteiger partial charge in [-0.05, 0) is 24.1 Å². The number of likely N-dealkylation sites (N-methyl/N-ethyl adjacent to an activating group) is 1. The van der Waals surface area contributed by atoms with Crippen LogP contribution >= 0.6 is 23.7 Å². The van der Waals surface area contributed by atoms with Gasteiger partial charge in [0.15, 0.2) is 0 Å². The van der Waals surface area contributed by atoms with E-state index in [0.29, 0.717) is 6.04 Å². The molecule has 1 N–H and O–H groups in total. The maximum Gasteiger partial charge on any atom is 0.111 e. The Bertz CT molecular complexity index is 515. The molecule has 0 amide bonds. The van der Waals surface area contributed by atoms with Crippen molar-refractivity contribution < 1.29 is 0 Å². The zero-order valence-electron chi connectivity index (χ0n) is 10.9. The second-order valence-electron chi connectivity index (χ2n) is 4.62. The zero-order valence-corrected chi connectivity index (χ0v) is 12.5. The van der Waals surface area contributed by atoms with Crippen LogP contribution in [-0.4, -0.2) is 25.1 Å². The molecule has 0 radical (unpaired) electrons. The lowest BCUT2D eigenvalue weighted by molar-refractivity contribution is 0.601. The van der Waals surface area contributed by atoms with Crippen LogP contribution in [0, 0.1) is 0 Å². The van der Waals surface area contributed by atoms with Gasteiger partial charge in [0.2, 0.25) is 0 Å². The Balaban J connectivity index is 0.00000133. The minimum Gasteiger partial charge on any atom is -0.357 e. The van der Waals surface area contributed by atoms with Gasteiger partial charge in [-0.2, -0.15) is 0 Å². The Kier molecular flexibility index (Phi) is 4.80. The van der Waals surface area contributed by atoms with Crippen molar-refractivity contribution in [1.82, 2.24) is 10.3 Å². The van der Waals surface area contributed by atoms with Crippen molar-refractivity contribution in [2.45, 2.75) is 12.5 Å². The van der Waals surface area contributed by atoms with Gasteiger partial charge < -0.3 is 10.2 Å². The van der Waals surface area contributed by atoms with Gasteiger partial charge >= 0.3 is 0 Å². The Morgan fingerprint density at radius 1 is 1.37 bits per heavy atom. The molecule has 3 nitrogen and oxygen atoms in total. The van der Waals surface area contributed by atoms with E-state index in [9.17, 15) is 0 Å². The molecular weight excluding hydrogens is 278 g/mol. The molecule has 0 saturated heterocycles. The Morgan fingerprint density at radius 3 is 3.00 bits per heavy atom. The fourth-order valence-electron chi connectivity index (χ4n) is 2.54. The van der Waals surface area contributed by atoms with Gasteiger partial charge in [0, 0.05) is 13.6 Å². The van der Waals surface area contributed by atoms with Crippen LogP contribution in [0.5, 0.6) is 0 Å². The quantitative estimate of drug-likeness (QED) is 0.923. The second kappa shape index (κ2) is 6.37. The number of nitrogens with zero attached hydrogens (tertiary/aromatic N) is 2. The lowest BCUT2D eigenvalue weighted by atomic mass is 9.99. The number of rotatable bonds is 2. The van der Waals surface area contributed by atoms with E-state index in [1.54, 1.807) is 11.3 Å². The number of hydrogen-bond acceptors (Lipinski definition) is 4. The summed E-state index contributed by atoms with van der Waals surface area (Å²) in [6.45, 7) is 2.05. The highest BCUT2D eigenvalue weighted by Crippen LogP contribution is 2.30. The van der Waals surface area contributed by atoms with E-state index in [4.69, 9.17) is 0 Å². The minimum atomic E-state index is 0. The first kappa shape index (κ1) is 14.3. The third kappa shape index (κ3) is 2.91. The van der Waals surface area contributed by atoms with Gasteiger partial charge in [0.25, 0.3) is 0 Å². The third-order valence-corrected chi connectivity index (χ3v) is 4.42. The standard InChI is InChI=1S/C14H17N3S.ClH/c1-17(14-9-16-10-18-14)13-8-15-7-6-11-4-2-3-5-12(11)13;/h2-5,9-10,13,15H,6-8H2,1H3;1H. The van der Waals surface area contributed by atoms with Crippen LogP contribution < -0.4 is 10.2 Å². The molecule has 3 rings (SSSR count). The van der Waals surface area contributed by atoms with Crippen molar-refractivity contribution in [1.29, 1.82) is 0 Å². The monoisotopic (exact) mass is 295 g/mol. The molecular formula is C14H18ClN3S. The summed E-state index contributed by atoms with van der Waals surface area (Å²) in [7, 11) is 2.15. The van der Waals surface area contributed by atoms with E-state index >= 15 is 0 Å². The maximum absolute atomic E-state index is 4.17. The molecule has 0 spiro atoms. The molecule has 1 aromatic carbocycles. The summed E-state index contributed by atoms with van der Waals surface area (Å²) in [5.41, 5.74) is 4.80. The number of aromatic nitrogens is 1. The van der Waals surface area contributed by atoms with Crippen LogP contribution in [-0.2, 0) is 6.42 Å². The third-order valence-electron chi connectivity index (χ3n) is 3.56. The summed E-state index contributed by atoms with van der Waals surface area (Å²) in [5, 5.41) is 4.75. The molecule has 1 unspecified atom stereocenters. The molecule has 1 aromatic heterocycles. The van der Waals surface area contributed by atoms with E-state index in [2.05, 4.69) is 46.5 Å². The summed E-state index contributed by atoms with van der Waals surface area (Å²) >= 11 is 1.69. The smallest absolute Gasteiger partial charge is 0.111 e. The molecule has 1 aliphatic heterocycles. The van der Waals surface area contributed by atoms with E-state index in [1.165, 1.54) is 16.1 Å². The Labute approximate surface area is 124 Å². The molecule has 19 heavy (non-hydrogen) atoms. The highest BCUT2D eigenvalue weighted by Gasteiger charge is 2.22. The summed E-state index contributed by atoms with van der Waals surface area (Å²) in [6, 6.07) is 9.16. The predicted molar refractivity (Wildman–Crippen MR) is 83.5 cm³/mol. The van der Waals surface area contributed by atoms with Crippen LogP contribution in [0.3, 0.4) is 0 Å². The maximum atomic E-state index is 4.17. The van der Waals surface area contributed by atoms with E-state index in [0.717, 1.165) is 19.5 Å². The molecule has 102 valence electrons. The largest absolute Gasteiger partial charge is 0.357 e. The van der Waals surface area contributed by atoms with Crippen molar-refractivity contribution in [3.05, 3.63) is 47.1 Å². The minimum absolute atomic E-state index is 0. The average molecular weight is 296 g/mol. The molecule has 0 bridgehead atoms. The average Bonchev–Trinajstić information content (AvgIpc) is 2.85. The van der Waals surface area contributed by atoms with Crippen LogP contribution in [0.15, 0.2) is 36.0 Å². The molecule has 2 heterocycles. The Hall–Kier alpha value is -1.10. The van der Waals surface area contributed by atoms with Crippen LogP contribution in [0.4, 0.5) is 5.00 Å². The molecule has 1 atom stereocenters. The molecule has 2 aromatic rings. The topological polar surface area (TPSA) is 28.2 Å². The number of halogens is 1. The van der Waals surface area contributed by atoms with Gasteiger partial charge in [0.1, 0.15) is 5.00 Å². The first-order valence-electron chi connectivity index (χ1n) is 6.26. The normalized spacial score (nSPS) is 18.1. The van der Waals surface area contributed by atoms with Gasteiger partial charge in [-0.3, -0.25) is 4.98 Å². The molecule has 0 saturated carbocycles. The van der Waals surface area contributed by atoms with Crippen molar-refractivity contribution in [2.24, 2.45) is 0 Å². The van der Waals surface area contributed by atoms with Crippen LogP contribution in [0.25, 0.3) is 0 Å². The fraction of sp³-hybridized carbons (Fsp3) is 0.357. The summed E-state index contributed by atoms with van der Waals surface area (Å²) < 4.78 is 0. The van der Waals surface area contributed by atoms with Crippen molar-refractivity contribution in [3.63, 3.8) is 0 Å². The molecule has 0 fully saturated rings. The zero-order chi connectivity index (χ0) is 12.4. The molecule has 0 aliphatic carbocycles. The van der Waals surface area contributed by atoms with Crippen molar-refractivity contribution >= 4 is 28.7 Å². The highest BCUT2D eigenvalue weighted by atomic mass is 35.5. The Morgan fingerprint density at radius 2 is 2.21 bits per heavy atom. The first-order chi connectivity index (χ1) is 8.86. The van der Waals surface area contributed by atoms with E-state index in [1.807, 2.05) is 11.7 Å². The number of anilines is 1. The van der Waals surface area contributed by atoms with Gasteiger partial charge in [-0.15, -0.1) is 23.7 Å². The number of nitrogens with one attached hydrogen (secondary N) is 1. The van der Waals surface area contributed by atoms with E-state index < -0.39 is 0 Å². The number of fused-ring (bicyclic) bond motifs is 1. The summed E-state index contributed by atoms with van der Waals surface area (Å²) in [6.07, 6.45) is 3.06. The summed E-state index contributed by atoms with van der Waals surface area (Å²) in [4.78, 5) is 6.50. The lowest BCUT2D eigenvalue weighted by Crippen LogP contribution is -2.31. The number of benzene rings is 1. The second-order valence-corrected chi connectivity index (χ2v) is 5.48. The predicted octanol–water partition coefficient (Wildman–Crippen LogP) is 2.89. The van der Waals surface area contributed by atoms with Crippen LogP contribution in [0.2, 0.25) is 0 Å². The van der Waals surface area contributed by atoms with E-state index in [-0.39, 0.29) is 12.4 Å². The van der Waals surface area contributed by atoms with Crippen LogP contribution in [0.1, 0.15) is 17.2 Å². The fourth-order valence-corrected chi connectivity index (χ4v) is 3.19. The van der Waals surface area contributed by atoms with Gasteiger partial charge in [-0.1, -0.05) is 24.3 Å². The van der Waals surface area contributed by atoms with Crippen molar-refractivity contribution in [2.75, 3.05) is 25.0 Å².